The molecule has 1 aromatic carbocycles. The molecule has 0 atom stereocenters. The van der Waals surface area contributed by atoms with Crippen molar-refractivity contribution < 1.29 is 18.3 Å². The molecule has 1 saturated carbocycles. The summed E-state index contributed by atoms with van der Waals surface area (Å²) in [6, 6.07) is 5.85. The van der Waals surface area contributed by atoms with E-state index in [2.05, 4.69) is 16.6 Å². The molecule has 0 unspecified atom stereocenters. The zero-order valence-electron chi connectivity index (χ0n) is 13.6. The van der Waals surface area contributed by atoms with Gasteiger partial charge in [-0.05, 0) is 49.8 Å². The predicted molar refractivity (Wildman–Crippen MR) is 92.1 cm³/mol. The number of sulfonamides is 1. The lowest BCUT2D eigenvalue weighted by Crippen LogP contribution is -2.38. The zero-order valence-corrected chi connectivity index (χ0v) is 14.4. The second kappa shape index (κ2) is 8.41. The highest BCUT2D eigenvalue weighted by atomic mass is 32.2. The van der Waals surface area contributed by atoms with Crippen molar-refractivity contribution in [1.82, 2.24) is 10.0 Å². The molecule has 0 bridgehead atoms. The Morgan fingerprint density at radius 1 is 1.29 bits per heavy atom. The zero-order chi connectivity index (χ0) is 17.6. The molecule has 6 nitrogen and oxygen atoms in total. The van der Waals surface area contributed by atoms with Gasteiger partial charge in [-0.3, -0.25) is 4.79 Å². The van der Waals surface area contributed by atoms with Gasteiger partial charge in [0.2, 0.25) is 10.0 Å². The molecule has 7 heteroatoms. The molecule has 0 aromatic heterocycles. The molecule has 2 rings (SSSR count). The Labute approximate surface area is 143 Å². The van der Waals surface area contributed by atoms with Gasteiger partial charge in [-0.25, -0.2) is 13.1 Å². The van der Waals surface area contributed by atoms with Gasteiger partial charge in [0.25, 0.3) is 5.91 Å². The van der Waals surface area contributed by atoms with Gasteiger partial charge >= 0.3 is 0 Å². The minimum Gasteiger partial charge on any atom is -0.396 e. The van der Waals surface area contributed by atoms with Gasteiger partial charge in [0.15, 0.2) is 0 Å². The molecular weight excluding hydrogens is 328 g/mol. The third-order valence-corrected chi connectivity index (χ3v) is 5.76. The average Bonchev–Trinajstić information content (AvgIpc) is 2.60. The van der Waals surface area contributed by atoms with Crippen LogP contribution in [0.3, 0.4) is 0 Å². The molecule has 132 valence electrons. The third kappa shape index (κ3) is 4.90. The van der Waals surface area contributed by atoms with Gasteiger partial charge in [0.05, 0.1) is 4.90 Å². The van der Waals surface area contributed by atoms with E-state index in [4.69, 9.17) is 5.11 Å². The Hall–Kier alpha value is -1.70. The fourth-order valence-corrected chi connectivity index (χ4v) is 4.17. The van der Waals surface area contributed by atoms with E-state index in [1.807, 2.05) is 0 Å². The first-order valence-corrected chi connectivity index (χ1v) is 9.57. The van der Waals surface area contributed by atoms with Gasteiger partial charge in [0.1, 0.15) is 0 Å². The van der Waals surface area contributed by atoms with Crippen molar-refractivity contribution in [3.63, 3.8) is 0 Å². The van der Waals surface area contributed by atoms with Crippen LogP contribution in [0.4, 0.5) is 0 Å². The van der Waals surface area contributed by atoms with Gasteiger partial charge in [0, 0.05) is 24.8 Å². The number of hydrogen-bond donors (Lipinski definition) is 3. The van der Waals surface area contributed by atoms with E-state index in [0.29, 0.717) is 24.9 Å². The van der Waals surface area contributed by atoms with Crippen molar-refractivity contribution in [2.24, 2.45) is 5.92 Å². The lowest BCUT2D eigenvalue weighted by Gasteiger charge is -2.27. The molecule has 0 radical (unpaired) electrons. The lowest BCUT2D eigenvalue weighted by molar-refractivity contribution is 0.0958. The van der Waals surface area contributed by atoms with Crippen molar-refractivity contribution >= 4 is 15.9 Å². The number of nitrogens with one attached hydrogen (secondary N) is 2. The number of aliphatic hydroxyl groups excluding tert-OH is 1. The summed E-state index contributed by atoms with van der Waals surface area (Å²) < 4.78 is 27.8. The van der Waals surface area contributed by atoms with Crippen molar-refractivity contribution in [3.8, 4) is 0 Å². The molecule has 0 spiro atoms. The van der Waals surface area contributed by atoms with E-state index in [1.54, 1.807) is 18.2 Å². The quantitative estimate of drug-likeness (QED) is 0.647. The van der Waals surface area contributed by atoms with Crippen LogP contribution in [0.25, 0.3) is 0 Å². The topological polar surface area (TPSA) is 95.5 Å². The van der Waals surface area contributed by atoms with Crippen molar-refractivity contribution in [2.45, 2.75) is 36.6 Å². The maximum absolute atomic E-state index is 12.5. The predicted octanol–water partition coefficient (Wildman–Crippen LogP) is 1.43. The van der Waals surface area contributed by atoms with Crippen LogP contribution in [0.15, 0.2) is 41.8 Å². The summed E-state index contributed by atoms with van der Waals surface area (Å²) in [5.74, 6) is -0.0713. The molecule has 3 N–H and O–H groups in total. The van der Waals surface area contributed by atoms with Crippen molar-refractivity contribution in [1.29, 1.82) is 0 Å². The highest BCUT2D eigenvalue weighted by molar-refractivity contribution is 7.89. The summed E-state index contributed by atoms with van der Waals surface area (Å²) >= 11 is 0. The van der Waals surface area contributed by atoms with Crippen molar-refractivity contribution in [3.05, 3.63) is 42.5 Å². The Kier molecular flexibility index (Phi) is 6.53. The Bertz CT molecular complexity index is 680. The monoisotopic (exact) mass is 352 g/mol. The van der Waals surface area contributed by atoms with Crippen LogP contribution in [-0.2, 0) is 10.0 Å². The van der Waals surface area contributed by atoms with E-state index >= 15 is 0 Å². The van der Waals surface area contributed by atoms with Gasteiger partial charge < -0.3 is 10.4 Å². The Morgan fingerprint density at radius 3 is 2.62 bits per heavy atom. The maximum atomic E-state index is 12.5. The number of amides is 1. The molecule has 1 fully saturated rings. The smallest absolute Gasteiger partial charge is 0.251 e. The number of rotatable bonds is 7. The summed E-state index contributed by atoms with van der Waals surface area (Å²) in [5.41, 5.74) is 0.295. The van der Waals surface area contributed by atoms with E-state index < -0.39 is 10.0 Å². The fourth-order valence-electron chi connectivity index (χ4n) is 2.82. The molecule has 0 saturated heterocycles. The highest BCUT2D eigenvalue weighted by Gasteiger charge is 2.25. The standard InChI is InChI=1S/C17H24N2O4S/c1-2-10-18-17(21)14-4-3-5-16(11-14)24(22,23)19-15-8-6-13(12-20)7-9-15/h2-5,11,13,15,19-20H,1,6-10,12H2,(H,18,21). The summed E-state index contributed by atoms with van der Waals surface area (Å²) in [6.45, 7) is 4.00. The van der Waals surface area contributed by atoms with E-state index in [0.717, 1.165) is 12.8 Å². The highest BCUT2D eigenvalue weighted by Crippen LogP contribution is 2.25. The number of hydrogen-bond acceptors (Lipinski definition) is 4. The van der Waals surface area contributed by atoms with Crippen LogP contribution in [0.5, 0.6) is 0 Å². The lowest BCUT2D eigenvalue weighted by atomic mass is 9.87. The van der Waals surface area contributed by atoms with Crippen molar-refractivity contribution in [2.75, 3.05) is 13.2 Å². The van der Waals surface area contributed by atoms with Gasteiger partial charge in [-0.2, -0.15) is 0 Å². The first-order valence-electron chi connectivity index (χ1n) is 8.08. The number of benzene rings is 1. The molecule has 1 aromatic rings. The Morgan fingerprint density at radius 2 is 2.00 bits per heavy atom. The summed E-state index contributed by atoms with van der Waals surface area (Å²) in [4.78, 5) is 12.0. The maximum Gasteiger partial charge on any atom is 0.251 e. The molecule has 0 heterocycles. The summed E-state index contributed by atoms with van der Waals surface area (Å²) in [5, 5.41) is 11.8. The minimum absolute atomic E-state index is 0.0815. The molecule has 1 amide bonds. The van der Waals surface area contributed by atoms with Gasteiger partial charge in [-0.1, -0.05) is 12.1 Å². The van der Waals surface area contributed by atoms with Crippen LogP contribution < -0.4 is 10.0 Å². The largest absolute Gasteiger partial charge is 0.396 e. The first kappa shape index (κ1) is 18.6. The molecule has 0 aliphatic heterocycles. The SMILES string of the molecule is C=CCNC(=O)c1cccc(S(=O)(=O)NC2CCC(CO)CC2)c1. The fraction of sp³-hybridized carbons (Fsp3) is 0.471. The normalized spacial score (nSPS) is 21.2. The second-order valence-corrected chi connectivity index (χ2v) is 7.76. The van der Waals surface area contributed by atoms with Crippen LogP contribution in [0.2, 0.25) is 0 Å². The third-order valence-electron chi connectivity index (χ3n) is 4.24. The van der Waals surface area contributed by atoms with E-state index in [-0.39, 0.29) is 29.4 Å². The van der Waals surface area contributed by atoms with Crippen LogP contribution >= 0.6 is 0 Å². The van der Waals surface area contributed by atoms with E-state index in [9.17, 15) is 13.2 Å². The molecule has 24 heavy (non-hydrogen) atoms. The number of carbonyl (C=O) groups excluding carboxylic acids is 1. The van der Waals surface area contributed by atoms with Crippen LogP contribution in [-0.4, -0.2) is 38.6 Å². The molecule has 1 aliphatic rings. The van der Waals surface area contributed by atoms with E-state index in [1.165, 1.54) is 12.1 Å². The molecule has 1 aliphatic carbocycles. The summed E-state index contributed by atoms with van der Waals surface area (Å²) in [6.07, 6.45) is 4.61. The number of carbonyl (C=O) groups is 1. The summed E-state index contributed by atoms with van der Waals surface area (Å²) in [7, 11) is -3.67. The Balaban J connectivity index is 2.06. The molecular formula is C17H24N2O4S. The average molecular weight is 352 g/mol. The minimum atomic E-state index is -3.67. The van der Waals surface area contributed by atoms with Crippen LogP contribution in [0, 0.1) is 5.92 Å². The van der Waals surface area contributed by atoms with Crippen LogP contribution in [0.1, 0.15) is 36.0 Å². The number of aliphatic hydroxyl groups is 1. The second-order valence-electron chi connectivity index (χ2n) is 6.05. The first-order chi connectivity index (χ1) is 11.5. The van der Waals surface area contributed by atoms with Gasteiger partial charge in [-0.15, -0.1) is 6.58 Å².